The van der Waals surface area contributed by atoms with Crippen LogP contribution in [-0.2, 0) is 4.79 Å². The third-order valence-electron chi connectivity index (χ3n) is 1.98. The van der Waals surface area contributed by atoms with E-state index in [1.165, 1.54) is 20.3 Å². The van der Waals surface area contributed by atoms with Crippen LogP contribution in [0.2, 0.25) is 0 Å². The minimum atomic E-state index is -0.574. The highest BCUT2D eigenvalue weighted by Crippen LogP contribution is 2.30. The number of ether oxygens (including phenoxy) is 3. The van der Waals surface area contributed by atoms with Crippen molar-refractivity contribution in [2.75, 3.05) is 20.8 Å². The molecule has 1 rings (SSSR count). The molecular weight excluding hydrogens is 238 g/mol. The van der Waals surface area contributed by atoms with Gasteiger partial charge in [-0.1, -0.05) is 0 Å². The minimum Gasteiger partial charge on any atom is -0.493 e. The monoisotopic (exact) mass is 253 g/mol. The summed E-state index contributed by atoms with van der Waals surface area (Å²) in [5.74, 6) is 0.587. The largest absolute Gasteiger partial charge is 0.493 e. The molecule has 4 N–H and O–H groups in total. The number of carbonyl (C=O) groups excluding carboxylic acids is 1. The van der Waals surface area contributed by atoms with Gasteiger partial charge in [0.2, 0.25) is 0 Å². The zero-order valence-electron chi connectivity index (χ0n) is 10.2. The summed E-state index contributed by atoms with van der Waals surface area (Å²) >= 11 is 0. The lowest BCUT2D eigenvalue weighted by molar-refractivity contribution is -0.132. The van der Waals surface area contributed by atoms with E-state index in [0.717, 1.165) is 0 Å². The van der Waals surface area contributed by atoms with Gasteiger partial charge < -0.3 is 25.7 Å². The molecule has 0 atom stereocenters. The number of guanidine groups is 1. The molecule has 0 aromatic heterocycles. The standard InChI is InChI=1S/C11H15N3O4/c1-16-8-4-3-7(5-9(8)17-2)18-10(15)6-14-11(12)13/h3-5H,6H2,1-2H3,(H4,12,13,14). The molecule has 0 unspecified atom stereocenters. The Bertz CT molecular complexity index is 456. The summed E-state index contributed by atoms with van der Waals surface area (Å²) in [5.41, 5.74) is 10.2. The SMILES string of the molecule is COc1ccc(OC(=O)CN=C(N)N)cc1OC. The average Bonchev–Trinajstić information content (AvgIpc) is 2.36. The average molecular weight is 253 g/mol. The summed E-state index contributed by atoms with van der Waals surface area (Å²) in [6.45, 7) is -0.239. The fourth-order valence-corrected chi connectivity index (χ4v) is 1.20. The van der Waals surface area contributed by atoms with Crippen molar-refractivity contribution in [3.63, 3.8) is 0 Å². The fraction of sp³-hybridized carbons (Fsp3) is 0.273. The van der Waals surface area contributed by atoms with Gasteiger partial charge in [0.1, 0.15) is 12.3 Å². The van der Waals surface area contributed by atoms with E-state index in [1.54, 1.807) is 12.1 Å². The first kappa shape index (κ1) is 13.6. The Morgan fingerprint density at radius 1 is 1.22 bits per heavy atom. The van der Waals surface area contributed by atoms with E-state index >= 15 is 0 Å². The summed E-state index contributed by atoms with van der Waals surface area (Å²) < 4.78 is 15.1. The number of nitrogens with two attached hydrogens (primary N) is 2. The van der Waals surface area contributed by atoms with E-state index in [2.05, 4.69) is 4.99 Å². The normalized spacial score (nSPS) is 9.44. The van der Waals surface area contributed by atoms with Crippen LogP contribution in [0.15, 0.2) is 23.2 Å². The van der Waals surface area contributed by atoms with Gasteiger partial charge in [-0.05, 0) is 12.1 Å². The van der Waals surface area contributed by atoms with Gasteiger partial charge in [0.05, 0.1) is 14.2 Å². The highest BCUT2D eigenvalue weighted by molar-refractivity contribution is 5.81. The maximum Gasteiger partial charge on any atom is 0.333 e. The molecule has 98 valence electrons. The molecule has 0 aliphatic heterocycles. The van der Waals surface area contributed by atoms with Crippen LogP contribution in [0, 0.1) is 0 Å². The van der Waals surface area contributed by atoms with Crippen LogP contribution in [-0.4, -0.2) is 32.7 Å². The van der Waals surface area contributed by atoms with Crippen molar-refractivity contribution in [2.45, 2.75) is 0 Å². The van der Waals surface area contributed by atoms with Gasteiger partial charge in [-0.3, -0.25) is 0 Å². The minimum absolute atomic E-state index is 0.167. The number of rotatable bonds is 5. The number of hydrogen-bond donors (Lipinski definition) is 2. The molecule has 0 fully saturated rings. The molecule has 7 heteroatoms. The zero-order chi connectivity index (χ0) is 13.5. The molecule has 0 bridgehead atoms. The summed E-state index contributed by atoms with van der Waals surface area (Å²) in [4.78, 5) is 14.9. The fourth-order valence-electron chi connectivity index (χ4n) is 1.20. The van der Waals surface area contributed by atoms with Crippen molar-refractivity contribution in [1.82, 2.24) is 0 Å². The maximum atomic E-state index is 11.4. The maximum absolute atomic E-state index is 11.4. The molecule has 7 nitrogen and oxygen atoms in total. The Morgan fingerprint density at radius 2 is 1.89 bits per heavy atom. The first-order valence-electron chi connectivity index (χ1n) is 5.05. The molecule has 1 aromatic carbocycles. The molecule has 0 amide bonds. The molecule has 0 aliphatic carbocycles. The first-order valence-corrected chi connectivity index (χ1v) is 5.05. The number of esters is 1. The Morgan fingerprint density at radius 3 is 2.44 bits per heavy atom. The summed E-state index contributed by atoms with van der Waals surface area (Å²) in [6.07, 6.45) is 0. The van der Waals surface area contributed by atoms with Gasteiger partial charge in [-0.25, -0.2) is 9.79 Å². The molecule has 1 aromatic rings. The van der Waals surface area contributed by atoms with Gasteiger partial charge in [-0.15, -0.1) is 0 Å². The van der Waals surface area contributed by atoms with Gasteiger partial charge in [0.25, 0.3) is 0 Å². The number of aliphatic imine (C=N–C) groups is 1. The Hall–Kier alpha value is -2.44. The quantitative estimate of drug-likeness (QED) is 0.328. The molecule has 18 heavy (non-hydrogen) atoms. The predicted molar refractivity (Wildman–Crippen MR) is 65.9 cm³/mol. The van der Waals surface area contributed by atoms with Crippen molar-refractivity contribution in [3.05, 3.63) is 18.2 Å². The molecule has 0 saturated heterocycles. The molecule has 0 heterocycles. The van der Waals surface area contributed by atoms with E-state index in [9.17, 15) is 4.79 Å². The molecule has 0 radical (unpaired) electrons. The van der Waals surface area contributed by atoms with Gasteiger partial charge in [0.15, 0.2) is 17.5 Å². The van der Waals surface area contributed by atoms with Gasteiger partial charge in [-0.2, -0.15) is 0 Å². The van der Waals surface area contributed by atoms with Crippen molar-refractivity contribution >= 4 is 11.9 Å². The van der Waals surface area contributed by atoms with Crippen molar-refractivity contribution < 1.29 is 19.0 Å². The molecule has 0 aliphatic rings. The summed E-state index contributed by atoms with van der Waals surface area (Å²) in [6, 6.07) is 4.74. The molecule has 0 spiro atoms. The van der Waals surface area contributed by atoms with E-state index < -0.39 is 5.97 Å². The number of carbonyl (C=O) groups is 1. The predicted octanol–water partition coefficient (Wildman–Crippen LogP) is -0.117. The molecular formula is C11H15N3O4. The smallest absolute Gasteiger partial charge is 0.333 e. The molecule has 0 saturated carbocycles. The van der Waals surface area contributed by atoms with E-state index in [4.69, 9.17) is 25.7 Å². The van der Waals surface area contributed by atoms with E-state index in [0.29, 0.717) is 17.2 Å². The van der Waals surface area contributed by atoms with Crippen LogP contribution < -0.4 is 25.7 Å². The first-order chi connectivity index (χ1) is 8.56. The van der Waals surface area contributed by atoms with Crippen LogP contribution in [0.4, 0.5) is 0 Å². The Kier molecular flexibility index (Phi) is 4.79. The van der Waals surface area contributed by atoms with E-state index in [-0.39, 0.29) is 12.5 Å². The zero-order valence-corrected chi connectivity index (χ0v) is 10.2. The topological polar surface area (TPSA) is 109 Å². The van der Waals surface area contributed by atoms with Crippen LogP contribution in [0.1, 0.15) is 0 Å². The van der Waals surface area contributed by atoms with Gasteiger partial charge in [0, 0.05) is 6.07 Å². The van der Waals surface area contributed by atoms with E-state index in [1.807, 2.05) is 0 Å². The van der Waals surface area contributed by atoms with Crippen LogP contribution >= 0.6 is 0 Å². The van der Waals surface area contributed by atoms with Crippen LogP contribution in [0.25, 0.3) is 0 Å². The van der Waals surface area contributed by atoms with Crippen molar-refractivity contribution in [2.24, 2.45) is 16.5 Å². The number of nitrogens with zero attached hydrogens (tertiary/aromatic N) is 1. The second kappa shape index (κ2) is 6.33. The summed E-state index contributed by atoms with van der Waals surface area (Å²) in [5, 5.41) is 0. The van der Waals surface area contributed by atoms with Crippen LogP contribution in [0.5, 0.6) is 17.2 Å². The third kappa shape index (κ3) is 3.85. The Balaban J connectivity index is 2.73. The second-order valence-electron chi connectivity index (χ2n) is 3.23. The number of methoxy groups -OCH3 is 2. The summed E-state index contributed by atoms with van der Waals surface area (Å²) in [7, 11) is 3.01. The lowest BCUT2D eigenvalue weighted by atomic mass is 10.3. The number of benzene rings is 1. The third-order valence-corrected chi connectivity index (χ3v) is 1.98. The second-order valence-corrected chi connectivity index (χ2v) is 3.23. The van der Waals surface area contributed by atoms with Crippen LogP contribution in [0.3, 0.4) is 0 Å². The Labute approximate surface area is 104 Å². The lowest BCUT2D eigenvalue weighted by Crippen LogP contribution is -2.25. The van der Waals surface area contributed by atoms with Crippen molar-refractivity contribution in [3.8, 4) is 17.2 Å². The lowest BCUT2D eigenvalue weighted by Gasteiger charge is -2.09. The van der Waals surface area contributed by atoms with Gasteiger partial charge >= 0.3 is 5.97 Å². The van der Waals surface area contributed by atoms with Crippen molar-refractivity contribution in [1.29, 1.82) is 0 Å². The number of hydrogen-bond acceptors (Lipinski definition) is 5. The highest BCUT2D eigenvalue weighted by Gasteiger charge is 2.08. The highest BCUT2D eigenvalue weighted by atomic mass is 16.5.